The van der Waals surface area contributed by atoms with Gasteiger partial charge in [-0.1, -0.05) is 12.1 Å². The third-order valence-corrected chi connectivity index (χ3v) is 6.89. The highest BCUT2D eigenvalue weighted by molar-refractivity contribution is 7.80. The number of anilines is 2. The first-order valence-corrected chi connectivity index (χ1v) is 12.1. The highest BCUT2D eigenvalue weighted by atomic mass is 32.1. The number of rotatable bonds is 4. The maximum absolute atomic E-state index is 13.5. The molecule has 0 aliphatic carbocycles. The average molecular weight is 526 g/mol. The molecule has 1 fully saturated rings. The van der Waals surface area contributed by atoms with Crippen molar-refractivity contribution in [1.29, 1.82) is 0 Å². The Balaban J connectivity index is 1.44. The molecule has 9 nitrogen and oxygen atoms in total. The second kappa shape index (κ2) is 9.77. The number of hydrogen-bond acceptors (Lipinski definition) is 5. The summed E-state index contributed by atoms with van der Waals surface area (Å²) in [5, 5.41) is 3.66. The Kier molecular flexibility index (Phi) is 6.50. The Morgan fingerprint density at radius 2 is 1.51 bits per heavy atom. The predicted molar refractivity (Wildman–Crippen MR) is 142 cm³/mol. The topological polar surface area (TPSA) is 80.3 Å². The van der Waals surface area contributed by atoms with E-state index in [1.54, 1.807) is 35.9 Å². The molecule has 2 aromatic carbocycles. The summed E-state index contributed by atoms with van der Waals surface area (Å²) in [7, 11) is 3.02. The molecule has 192 valence electrons. The first kappa shape index (κ1) is 24.6. The highest BCUT2D eigenvalue weighted by Crippen LogP contribution is 2.23. The largest absolute Gasteiger partial charge is 0.345 e. The van der Waals surface area contributed by atoms with E-state index in [4.69, 9.17) is 17.2 Å². The number of halogens is 2. The fourth-order valence-corrected chi connectivity index (χ4v) is 4.74. The van der Waals surface area contributed by atoms with E-state index < -0.39 is 11.2 Å². The molecule has 4 aromatic rings. The van der Waals surface area contributed by atoms with Crippen LogP contribution in [0.1, 0.15) is 5.56 Å². The van der Waals surface area contributed by atoms with Crippen molar-refractivity contribution in [3.63, 3.8) is 0 Å². The van der Waals surface area contributed by atoms with Crippen molar-refractivity contribution >= 4 is 40.1 Å². The van der Waals surface area contributed by atoms with E-state index in [9.17, 15) is 18.4 Å². The smallest absolute Gasteiger partial charge is 0.332 e. The Morgan fingerprint density at radius 1 is 0.919 bits per heavy atom. The molecule has 0 bridgehead atoms. The van der Waals surface area contributed by atoms with E-state index in [-0.39, 0.29) is 18.2 Å². The molecule has 0 spiro atoms. The third-order valence-electron chi connectivity index (χ3n) is 6.53. The number of benzene rings is 2. The van der Waals surface area contributed by atoms with Crippen molar-refractivity contribution in [2.24, 2.45) is 14.1 Å². The Morgan fingerprint density at radius 3 is 2.14 bits per heavy atom. The quantitative estimate of drug-likeness (QED) is 0.410. The van der Waals surface area contributed by atoms with Crippen LogP contribution in [0.4, 0.5) is 20.4 Å². The summed E-state index contributed by atoms with van der Waals surface area (Å²) >= 11 is 5.55. The van der Waals surface area contributed by atoms with Gasteiger partial charge in [-0.3, -0.25) is 18.5 Å². The van der Waals surface area contributed by atoms with Crippen LogP contribution < -0.4 is 21.5 Å². The number of nitrogens with zero attached hydrogens (tertiary/aromatic N) is 6. The number of fused-ring (bicyclic) bond motifs is 1. The van der Waals surface area contributed by atoms with Gasteiger partial charge in [0.1, 0.15) is 11.6 Å². The van der Waals surface area contributed by atoms with E-state index in [0.29, 0.717) is 54.1 Å². The second-order valence-corrected chi connectivity index (χ2v) is 9.30. The normalized spacial score (nSPS) is 13.8. The molecule has 0 unspecified atom stereocenters. The monoisotopic (exact) mass is 525 g/mol. The molecule has 5 rings (SSSR count). The number of thiocarbonyl (C=S) groups is 1. The molecular formula is C25H25F2N7O2S. The van der Waals surface area contributed by atoms with Crippen LogP contribution >= 0.6 is 12.2 Å². The van der Waals surface area contributed by atoms with Crippen LogP contribution in [0.5, 0.6) is 0 Å². The van der Waals surface area contributed by atoms with E-state index in [1.807, 2.05) is 9.80 Å². The van der Waals surface area contributed by atoms with Crippen LogP contribution in [0.3, 0.4) is 0 Å². The molecule has 12 heteroatoms. The molecule has 3 heterocycles. The summed E-state index contributed by atoms with van der Waals surface area (Å²) in [5.41, 5.74) is 1.19. The van der Waals surface area contributed by atoms with Crippen LogP contribution in [0.2, 0.25) is 0 Å². The van der Waals surface area contributed by atoms with Gasteiger partial charge >= 0.3 is 5.69 Å². The van der Waals surface area contributed by atoms with Gasteiger partial charge in [0.25, 0.3) is 5.56 Å². The molecule has 1 saturated heterocycles. The van der Waals surface area contributed by atoms with Gasteiger partial charge < -0.3 is 15.1 Å². The molecule has 1 N–H and O–H groups in total. The summed E-state index contributed by atoms with van der Waals surface area (Å²) < 4.78 is 30.9. The number of imidazole rings is 1. The van der Waals surface area contributed by atoms with Crippen molar-refractivity contribution in [3.8, 4) is 0 Å². The van der Waals surface area contributed by atoms with E-state index >= 15 is 0 Å². The first-order chi connectivity index (χ1) is 17.7. The van der Waals surface area contributed by atoms with Gasteiger partial charge in [-0.05, 0) is 54.2 Å². The van der Waals surface area contributed by atoms with Crippen LogP contribution in [-0.4, -0.2) is 54.9 Å². The van der Waals surface area contributed by atoms with Crippen molar-refractivity contribution in [1.82, 2.24) is 23.6 Å². The summed E-state index contributed by atoms with van der Waals surface area (Å²) in [4.78, 5) is 34.5. The van der Waals surface area contributed by atoms with E-state index in [1.165, 1.54) is 35.9 Å². The lowest BCUT2D eigenvalue weighted by Crippen LogP contribution is -2.50. The van der Waals surface area contributed by atoms with Gasteiger partial charge in [-0.2, -0.15) is 4.98 Å². The number of nitrogens with one attached hydrogen (secondary N) is 1. The van der Waals surface area contributed by atoms with Gasteiger partial charge in [0.05, 0.1) is 6.54 Å². The van der Waals surface area contributed by atoms with Crippen LogP contribution in [-0.2, 0) is 20.6 Å². The molecule has 0 atom stereocenters. The lowest BCUT2D eigenvalue weighted by atomic mass is 10.2. The zero-order chi connectivity index (χ0) is 26.3. The molecule has 1 aliphatic rings. The second-order valence-electron chi connectivity index (χ2n) is 8.91. The predicted octanol–water partition coefficient (Wildman–Crippen LogP) is 2.28. The fraction of sp³-hybridized carbons (Fsp3) is 0.280. The van der Waals surface area contributed by atoms with E-state index in [2.05, 4.69) is 5.32 Å². The molecule has 1 aliphatic heterocycles. The summed E-state index contributed by atoms with van der Waals surface area (Å²) in [5.74, 6) is -0.116. The fourth-order valence-electron chi connectivity index (χ4n) is 4.44. The number of aryl methyl sites for hydroxylation is 1. The maximum atomic E-state index is 13.5. The molecular weight excluding hydrogens is 500 g/mol. The third kappa shape index (κ3) is 4.71. The summed E-state index contributed by atoms with van der Waals surface area (Å²) in [6.45, 7) is 2.58. The highest BCUT2D eigenvalue weighted by Gasteiger charge is 2.26. The molecule has 37 heavy (non-hydrogen) atoms. The molecule has 0 saturated carbocycles. The summed E-state index contributed by atoms with van der Waals surface area (Å²) in [6.07, 6.45) is 0. The first-order valence-electron chi connectivity index (χ1n) is 11.7. The minimum absolute atomic E-state index is 0.282. The van der Waals surface area contributed by atoms with Crippen molar-refractivity contribution in [2.45, 2.75) is 6.54 Å². The maximum Gasteiger partial charge on any atom is 0.332 e. The van der Waals surface area contributed by atoms with Crippen LogP contribution in [0.15, 0.2) is 58.1 Å². The van der Waals surface area contributed by atoms with Gasteiger partial charge in [-0.25, -0.2) is 13.6 Å². The zero-order valence-corrected chi connectivity index (χ0v) is 21.1. The van der Waals surface area contributed by atoms with E-state index in [0.717, 1.165) is 10.1 Å². The lowest BCUT2D eigenvalue weighted by molar-refractivity contribution is 0.386. The minimum atomic E-state index is -0.461. The minimum Gasteiger partial charge on any atom is -0.345 e. The number of piperazine rings is 1. The SMILES string of the molecule is Cn1c(=O)c2c(nc(N3CCN(C(=S)Nc4ccc(F)cc4)CC3)n2Cc2ccc(F)cc2)n(C)c1=O. The molecule has 2 aromatic heterocycles. The Labute approximate surface area is 216 Å². The molecule has 0 amide bonds. The van der Waals surface area contributed by atoms with Gasteiger partial charge in [0.15, 0.2) is 16.3 Å². The van der Waals surface area contributed by atoms with Crippen LogP contribution in [0, 0.1) is 11.6 Å². The molecule has 0 radical (unpaired) electrons. The standard InChI is InChI=1S/C25H25F2N7O2S/c1-30-21-20(22(35)31(2)25(30)36)34(15-16-3-5-17(26)6-4-16)23(29-21)32-11-13-33(14-12-32)24(37)28-19-9-7-18(27)8-10-19/h3-10H,11-15H2,1-2H3,(H,28,37). The van der Waals surface area contributed by atoms with Gasteiger partial charge in [-0.15, -0.1) is 0 Å². The Bertz CT molecular complexity index is 1590. The zero-order valence-electron chi connectivity index (χ0n) is 20.3. The van der Waals surface area contributed by atoms with Gasteiger partial charge in [0.2, 0.25) is 5.95 Å². The van der Waals surface area contributed by atoms with Crippen molar-refractivity contribution in [3.05, 3.63) is 86.6 Å². The number of aromatic nitrogens is 4. The average Bonchev–Trinajstić information content (AvgIpc) is 3.28. The van der Waals surface area contributed by atoms with Crippen molar-refractivity contribution < 1.29 is 8.78 Å². The van der Waals surface area contributed by atoms with Crippen molar-refractivity contribution in [2.75, 3.05) is 36.4 Å². The Hall–Kier alpha value is -4.06. The van der Waals surface area contributed by atoms with Gasteiger partial charge in [0, 0.05) is 46.0 Å². The lowest BCUT2D eigenvalue weighted by Gasteiger charge is -2.36. The van der Waals surface area contributed by atoms with Crippen LogP contribution in [0.25, 0.3) is 11.2 Å². The summed E-state index contributed by atoms with van der Waals surface area (Å²) in [6, 6.07) is 12.1. The number of hydrogen-bond donors (Lipinski definition) is 1.